The van der Waals surface area contributed by atoms with Crippen molar-refractivity contribution in [3.05, 3.63) is 49.2 Å². The summed E-state index contributed by atoms with van der Waals surface area (Å²) in [6.07, 6.45) is 14.0. The fourth-order valence-electron chi connectivity index (χ4n) is 3.98. The molecule has 3 aromatic heterocycles. The van der Waals surface area contributed by atoms with Crippen molar-refractivity contribution in [3.63, 3.8) is 0 Å². The van der Waals surface area contributed by atoms with Crippen LogP contribution in [0.5, 0.6) is 0 Å². The summed E-state index contributed by atoms with van der Waals surface area (Å²) >= 11 is 0. The lowest BCUT2D eigenvalue weighted by Crippen LogP contribution is -2.13. The average Bonchev–Trinajstić information content (AvgIpc) is 3.39. The molecule has 0 unspecified atom stereocenters. The van der Waals surface area contributed by atoms with E-state index in [1.54, 1.807) is 6.20 Å². The van der Waals surface area contributed by atoms with Crippen LogP contribution in [0.15, 0.2) is 49.2 Å². The number of nitrogens with zero attached hydrogens (tertiary/aromatic N) is 5. The largest absolute Gasteiger partial charge is 0.345 e. The Balaban J connectivity index is 1.44. The number of H-pyrrole nitrogens is 1. The third-order valence-electron chi connectivity index (χ3n) is 5.46. The molecule has 0 atom stereocenters. The standard InChI is InChI=1S/C21H22N6/c1-2-4-15(5-3-1)13-27-14-25-20-21(27)26-18(12-24-20)16-6-8-17(9-7-16)19-22-10-11-23-19/h6-12,14-15H,1-5,13H2,(H,22,23). The predicted octanol–water partition coefficient (Wildman–Crippen LogP) is 4.46. The van der Waals surface area contributed by atoms with Crippen molar-refractivity contribution in [3.8, 4) is 22.6 Å². The lowest BCUT2D eigenvalue weighted by atomic mass is 9.89. The van der Waals surface area contributed by atoms with Crippen molar-refractivity contribution in [2.75, 3.05) is 0 Å². The van der Waals surface area contributed by atoms with Gasteiger partial charge in [-0.2, -0.15) is 0 Å². The second-order valence-corrected chi connectivity index (χ2v) is 7.32. The Morgan fingerprint density at radius 2 is 1.78 bits per heavy atom. The van der Waals surface area contributed by atoms with Crippen LogP contribution in [0.4, 0.5) is 0 Å². The molecule has 1 N–H and O–H groups in total. The second-order valence-electron chi connectivity index (χ2n) is 7.32. The summed E-state index contributed by atoms with van der Waals surface area (Å²) in [5.41, 5.74) is 4.58. The summed E-state index contributed by atoms with van der Waals surface area (Å²) in [6.45, 7) is 0.992. The lowest BCUT2D eigenvalue weighted by molar-refractivity contribution is 0.321. The van der Waals surface area contributed by atoms with Gasteiger partial charge in [0.2, 0.25) is 0 Å². The van der Waals surface area contributed by atoms with Gasteiger partial charge in [-0.25, -0.2) is 19.9 Å². The minimum atomic E-state index is 0.724. The first-order valence-corrected chi connectivity index (χ1v) is 9.65. The van der Waals surface area contributed by atoms with Crippen molar-refractivity contribution >= 4 is 11.3 Å². The Kier molecular flexibility index (Phi) is 4.16. The van der Waals surface area contributed by atoms with Crippen LogP contribution in [-0.2, 0) is 6.54 Å². The Morgan fingerprint density at radius 3 is 2.56 bits per heavy atom. The van der Waals surface area contributed by atoms with Crippen LogP contribution in [0.25, 0.3) is 33.9 Å². The quantitative estimate of drug-likeness (QED) is 0.584. The molecule has 1 aliphatic carbocycles. The maximum absolute atomic E-state index is 4.88. The van der Waals surface area contributed by atoms with Gasteiger partial charge in [0.05, 0.1) is 18.2 Å². The zero-order valence-corrected chi connectivity index (χ0v) is 15.2. The van der Waals surface area contributed by atoms with E-state index in [2.05, 4.69) is 48.8 Å². The molecule has 27 heavy (non-hydrogen) atoms. The fraction of sp³-hybridized carbons (Fsp3) is 0.333. The molecule has 0 spiro atoms. The number of aromatic amines is 1. The Hall–Kier alpha value is -3.02. The molecule has 1 aliphatic rings. The highest BCUT2D eigenvalue weighted by atomic mass is 15.1. The Labute approximate surface area is 157 Å². The number of imidazole rings is 2. The molecule has 3 heterocycles. The van der Waals surface area contributed by atoms with Crippen LogP contribution < -0.4 is 0 Å². The van der Waals surface area contributed by atoms with Crippen LogP contribution >= 0.6 is 0 Å². The van der Waals surface area contributed by atoms with Gasteiger partial charge in [0.1, 0.15) is 5.82 Å². The molecule has 6 heteroatoms. The van der Waals surface area contributed by atoms with E-state index >= 15 is 0 Å². The van der Waals surface area contributed by atoms with E-state index in [9.17, 15) is 0 Å². The van der Waals surface area contributed by atoms with Gasteiger partial charge in [-0.3, -0.25) is 0 Å². The minimum Gasteiger partial charge on any atom is -0.345 e. The average molecular weight is 358 g/mol. The molecule has 6 nitrogen and oxygen atoms in total. The lowest BCUT2D eigenvalue weighted by Gasteiger charge is -2.21. The summed E-state index contributed by atoms with van der Waals surface area (Å²) in [4.78, 5) is 21.3. The van der Waals surface area contributed by atoms with Gasteiger partial charge in [-0.1, -0.05) is 43.5 Å². The fourth-order valence-corrected chi connectivity index (χ4v) is 3.98. The van der Waals surface area contributed by atoms with E-state index < -0.39 is 0 Å². The first-order valence-electron chi connectivity index (χ1n) is 9.65. The summed E-state index contributed by atoms with van der Waals surface area (Å²) in [7, 11) is 0. The van der Waals surface area contributed by atoms with Crippen molar-refractivity contribution in [1.82, 2.24) is 29.5 Å². The van der Waals surface area contributed by atoms with Gasteiger partial charge in [-0.05, 0) is 18.8 Å². The first kappa shape index (κ1) is 16.2. The molecular weight excluding hydrogens is 336 g/mol. The molecule has 1 aromatic carbocycles. The SMILES string of the molecule is c1c[nH]c(-c2ccc(-c3cnc4ncn(CC5CCCCC5)c4n3)cc2)n1. The number of rotatable bonds is 4. The molecule has 1 fully saturated rings. The van der Waals surface area contributed by atoms with Gasteiger partial charge in [0.15, 0.2) is 11.3 Å². The Morgan fingerprint density at radius 1 is 0.963 bits per heavy atom. The van der Waals surface area contributed by atoms with E-state index in [0.29, 0.717) is 0 Å². The van der Waals surface area contributed by atoms with Gasteiger partial charge in [0.25, 0.3) is 0 Å². The van der Waals surface area contributed by atoms with E-state index in [-0.39, 0.29) is 0 Å². The second kappa shape index (κ2) is 6.95. The van der Waals surface area contributed by atoms with Crippen molar-refractivity contribution < 1.29 is 0 Å². The van der Waals surface area contributed by atoms with Gasteiger partial charge in [-0.15, -0.1) is 0 Å². The first-order chi connectivity index (χ1) is 13.4. The summed E-state index contributed by atoms with van der Waals surface area (Å²) < 4.78 is 2.18. The highest BCUT2D eigenvalue weighted by molar-refractivity contribution is 5.72. The number of fused-ring (bicyclic) bond motifs is 1. The van der Waals surface area contributed by atoms with Gasteiger partial charge < -0.3 is 9.55 Å². The topological polar surface area (TPSA) is 72.3 Å². The molecule has 0 aliphatic heterocycles. The van der Waals surface area contributed by atoms with Crippen LogP contribution in [0.3, 0.4) is 0 Å². The molecule has 136 valence electrons. The molecule has 0 bridgehead atoms. The van der Waals surface area contributed by atoms with E-state index in [1.807, 2.05) is 18.7 Å². The molecular formula is C21H22N6. The zero-order valence-electron chi connectivity index (χ0n) is 15.2. The molecule has 1 saturated carbocycles. The van der Waals surface area contributed by atoms with E-state index in [1.165, 1.54) is 32.1 Å². The maximum Gasteiger partial charge on any atom is 0.197 e. The van der Waals surface area contributed by atoms with E-state index in [0.717, 1.165) is 46.4 Å². The van der Waals surface area contributed by atoms with E-state index in [4.69, 9.17) is 4.98 Å². The summed E-state index contributed by atoms with van der Waals surface area (Å²) in [5, 5.41) is 0. The van der Waals surface area contributed by atoms with Crippen molar-refractivity contribution in [1.29, 1.82) is 0 Å². The van der Waals surface area contributed by atoms with Crippen LogP contribution in [0, 0.1) is 5.92 Å². The third kappa shape index (κ3) is 3.23. The van der Waals surface area contributed by atoms with Crippen LogP contribution in [0.2, 0.25) is 0 Å². The molecule has 4 aromatic rings. The summed E-state index contributed by atoms with van der Waals surface area (Å²) in [6, 6.07) is 8.24. The Bertz CT molecular complexity index is 1030. The number of nitrogens with one attached hydrogen (secondary N) is 1. The molecule has 0 amide bonds. The third-order valence-corrected chi connectivity index (χ3v) is 5.46. The van der Waals surface area contributed by atoms with Crippen molar-refractivity contribution in [2.24, 2.45) is 5.92 Å². The number of hydrogen-bond donors (Lipinski definition) is 1. The van der Waals surface area contributed by atoms with Gasteiger partial charge in [0, 0.05) is 30.1 Å². The van der Waals surface area contributed by atoms with Crippen LogP contribution in [-0.4, -0.2) is 29.5 Å². The predicted molar refractivity (Wildman–Crippen MR) is 105 cm³/mol. The molecule has 0 saturated heterocycles. The smallest absolute Gasteiger partial charge is 0.197 e. The number of aromatic nitrogens is 6. The van der Waals surface area contributed by atoms with Crippen molar-refractivity contribution in [2.45, 2.75) is 38.6 Å². The minimum absolute atomic E-state index is 0.724. The number of benzene rings is 1. The van der Waals surface area contributed by atoms with Gasteiger partial charge >= 0.3 is 0 Å². The molecule has 0 radical (unpaired) electrons. The van der Waals surface area contributed by atoms with Crippen LogP contribution in [0.1, 0.15) is 32.1 Å². The maximum atomic E-state index is 4.88. The highest BCUT2D eigenvalue weighted by Crippen LogP contribution is 2.27. The molecule has 5 rings (SSSR count). The number of hydrogen-bond acceptors (Lipinski definition) is 4. The summed E-state index contributed by atoms with van der Waals surface area (Å²) in [5.74, 6) is 1.60. The monoisotopic (exact) mass is 358 g/mol. The normalized spacial score (nSPS) is 15.4. The highest BCUT2D eigenvalue weighted by Gasteiger charge is 2.16. The zero-order chi connectivity index (χ0) is 18.1.